The molecule has 0 spiro atoms. The van der Waals surface area contributed by atoms with Crippen LogP contribution >= 0.6 is 22.6 Å². The van der Waals surface area contributed by atoms with Gasteiger partial charge in [-0.1, -0.05) is 0 Å². The Balaban J connectivity index is 2.64. The highest BCUT2D eigenvalue weighted by Gasteiger charge is 2.01. The zero-order chi connectivity index (χ0) is 8.97. The van der Waals surface area contributed by atoms with E-state index in [1.807, 2.05) is 12.1 Å². The molecule has 3 nitrogen and oxygen atoms in total. The van der Waals surface area contributed by atoms with Crippen molar-refractivity contribution in [2.75, 3.05) is 7.11 Å². The SMILES string of the molecule is COC(=O)Oc1ccc(I)cc1. The summed E-state index contributed by atoms with van der Waals surface area (Å²) in [5.41, 5.74) is 0. The summed E-state index contributed by atoms with van der Waals surface area (Å²) < 4.78 is 10.2. The minimum absolute atomic E-state index is 0.488. The highest BCUT2D eigenvalue weighted by Crippen LogP contribution is 2.13. The van der Waals surface area contributed by atoms with E-state index in [-0.39, 0.29) is 0 Å². The van der Waals surface area contributed by atoms with Gasteiger partial charge < -0.3 is 9.47 Å². The van der Waals surface area contributed by atoms with E-state index in [2.05, 4.69) is 27.3 Å². The van der Waals surface area contributed by atoms with Crippen LogP contribution < -0.4 is 4.74 Å². The molecule has 0 N–H and O–H groups in total. The summed E-state index contributed by atoms with van der Waals surface area (Å²) >= 11 is 2.17. The average molecular weight is 278 g/mol. The Kier molecular flexibility index (Phi) is 3.33. The first-order valence-electron chi connectivity index (χ1n) is 3.24. The van der Waals surface area contributed by atoms with Crippen molar-refractivity contribution in [3.8, 4) is 5.75 Å². The van der Waals surface area contributed by atoms with Crippen LogP contribution in [0.2, 0.25) is 0 Å². The van der Waals surface area contributed by atoms with Gasteiger partial charge in [-0.25, -0.2) is 4.79 Å². The third kappa shape index (κ3) is 2.69. The first kappa shape index (κ1) is 9.31. The van der Waals surface area contributed by atoms with Gasteiger partial charge in [0.05, 0.1) is 7.11 Å². The maximum absolute atomic E-state index is 10.6. The summed E-state index contributed by atoms with van der Waals surface area (Å²) in [5, 5.41) is 0. The van der Waals surface area contributed by atoms with Crippen molar-refractivity contribution < 1.29 is 14.3 Å². The Morgan fingerprint density at radius 1 is 1.33 bits per heavy atom. The smallest absolute Gasteiger partial charge is 0.437 e. The maximum atomic E-state index is 10.6. The molecule has 0 atom stereocenters. The van der Waals surface area contributed by atoms with Crippen LogP contribution in [0, 0.1) is 3.57 Å². The highest BCUT2D eigenvalue weighted by molar-refractivity contribution is 14.1. The van der Waals surface area contributed by atoms with Crippen molar-refractivity contribution in [2.24, 2.45) is 0 Å². The molecule has 64 valence electrons. The zero-order valence-electron chi connectivity index (χ0n) is 6.41. The molecule has 0 saturated carbocycles. The van der Waals surface area contributed by atoms with Crippen molar-refractivity contribution in [3.05, 3.63) is 27.8 Å². The number of hydrogen-bond acceptors (Lipinski definition) is 3. The Morgan fingerprint density at radius 2 is 1.92 bits per heavy atom. The lowest BCUT2D eigenvalue weighted by molar-refractivity contribution is 0.121. The fourth-order valence-electron chi connectivity index (χ4n) is 0.641. The molecular formula is C8H7IO3. The number of rotatable bonds is 1. The highest BCUT2D eigenvalue weighted by atomic mass is 127. The molecule has 1 aromatic carbocycles. The third-order valence-corrected chi connectivity index (χ3v) is 1.90. The van der Waals surface area contributed by atoms with Crippen LogP contribution in [0.3, 0.4) is 0 Å². The molecule has 0 aromatic heterocycles. The number of benzene rings is 1. The van der Waals surface area contributed by atoms with Crippen LogP contribution in [-0.2, 0) is 4.74 Å². The summed E-state index contributed by atoms with van der Waals surface area (Å²) in [7, 11) is 1.27. The van der Waals surface area contributed by atoms with Gasteiger partial charge in [-0.3, -0.25) is 0 Å². The summed E-state index contributed by atoms with van der Waals surface area (Å²) in [6, 6.07) is 7.11. The van der Waals surface area contributed by atoms with Gasteiger partial charge in [0.15, 0.2) is 0 Å². The van der Waals surface area contributed by atoms with Crippen LogP contribution in [-0.4, -0.2) is 13.3 Å². The summed E-state index contributed by atoms with van der Waals surface area (Å²) in [6.45, 7) is 0. The van der Waals surface area contributed by atoms with E-state index >= 15 is 0 Å². The summed E-state index contributed by atoms with van der Waals surface area (Å²) in [5.74, 6) is 0.488. The normalized spacial score (nSPS) is 9.17. The Morgan fingerprint density at radius 3 is 2.42 bits per heavy atom. The fourth-order valence-corrected chi connectivity index (χ4v) is 1.00. The predicted octanol–water partition coefficient (Wildman–Crippen LogP) is 2.44. The number of carbonyl (C=O) groups excluding carboxylic acids is 1. The number of halogens is 1. The standard InChI is InChI=1S/C8H7IO3/c1-11-8(10)12-7-4-2-6(9)3-5-7/h2-5H,1H3. The predicted molar refractivity (Wildman–Crippen MR) is 52.2 cm³/mol. The van der Waals surface area contributed by atoms with Crippen molar-refractivity contribution in [1.29, 1.82) is 0 Å². The van der Waals surface area contributed by atoms with Gasteiger partial charge in [0.25, 0.3) is 0 Å². The van der Waals surface area contributed by atoms with Crippen molar-refractivity contribution in [3.63, 3.8) is 0 Å². The number of methoxy groups -OCH3 is 1. The van der Waals surface area contributed by atoms with Gasteiger partial charge >= 0.3 is 6.16 Å². The fraction of sp³-hybridized carbons (Fsp3) is 0.125. The molecule has 0 fully saturated rings. The average Bonchev–Trinajstić information content (AvgIpc) is 2.09. The van der Waals surface area contributed by atoms with E-state index in [0.29, 0.717) is 5.75 Å². The number of ether oxygens (including phenoxy) is 2. The van der Waals surface area contributed by atoms with E-state index in [9.17, 15) is 4.79 Å². The zero-order valence-corrected chi connectivity index (χ0v) is 8.57. The van der Waals surface area contributed by atoms with Crippen molar-refractivity contribution in [1.82, 2.24) is 0 Å². The number of carbonyl (C=O) groups is 1. The molecule has 0 unspecified atom stereocenters. The Hall–Kier alpha value is -0.780. The maximum Gasteiger partial charge on any atom is 0.513 e. The van der Waals surface area contributed by atoms with E-state index in [0.717, 1.165) is 3.57 Å². The quantitative estimate of drug-likeness (QED) is 0.449. The van der Waals surface area contributed by atoms with Crippen LogP contribution in [0.5, 0.6) is 5.75 Å². The van der Waals surface area contributed by atoms with E-state index < -0.39 is 6.16 Å². The van der Waals surface area contributed by atoms with Crippen molar-refractivity contribution in [2.45, 2.75) is 0 Å². The minimum atomic E-state index is -0.698. The van der Waals surface area contributed by atoms with Gasteiger partial charge in [-0.15, -0.1) is 0 Å². The van der Waals surface area contributed by atoms with Crippen molar-refractivity contribution >= 4 is 28.7 Å². The third-order valence-electron chi connectivity index (χ3n) is 1.18. The lowest BCUT2D eigenvalue weighted by Crippen LogP contribution is -2.06. The van der Waals surface area contributed by atoms with Gasteiger partial charge in [-0.05, 0) is 46.9 Å². The topological polar surface area (TPSA) is 35.5 Å². The van der Waals surface area contributed by atoms with E-state index in [1.54, 1.807) is 12.1 Å². The van der Waals surface area contributed by atoms with Gasteiger partial charge in [0.1, 0.15) is 5.75 Å². The Bertz CT molecular complexity index is 268. The second-order valence-corrected chi connectivity index (χ2v) is 3.26. The molecular weight excluding hydrogens is 271 g/mol. The number of hydrogen-bond donors (Lipinski definition) is 0. The molecule has 0 heterocycles. The Labute approximate surface area is 83.8 Å². The molecule has 4 heteroatoms. The molecule has 1 rings (SSSR count). The van der Waals surface area contributed by atoms with Crippen LogP contribution in [0.15, 0.2) is 24.3 Å². The second kappa shape index (κ2) is 4.30. The van der Waals surface area contributed by atoms with Gasteiger partial charge in [-0.2, -0.15) is 0 Å². The monoisotopic (exact) mass is 278 g/mol. The van der Waals surface area contributed by atoms with Crippen LogP contribution in [0.25, 0.3) is 0 Å². The van der Waals surface area contributed by atoms with Crippen LogP contribution in [0.1, 0.15) is 0 Å². The molecule has 0 aliphatic carbocycles. The molecule has 1 aromatic rings. The van der Waals surface area contributed by atoms with Crippen LogP contribution in [0.4, 0.5) is 4.79 Å². The molecule has 0 radical (unpaired) electrons. The van der Waals surface area contributed by atoms with E-state index in [4.69, 9.17) is 4.74 Å². The molecule has 0 saturated heterocycles. The first-order chi connectivity index (χ1) is 5.72. The first-order valence-corrected chi connectivity index (χ1v) is 4.31. The summed E-state index contributed by atoms with van der Waals surface area (Å²) in [6.07, 6.45) is -0.698. The molecule has 0 aliphatic heterocycles. The molecule has 12 heavy (non-hydrogen) atoms. The second-order valence-electron chi connectivity index (χ2n) is 2.01. The van der Waals surface area contributed by atoms with E-state index in [1.165, 1.54) is 7.11 Å². The largest absolute Gasteiger partial charge is 0.513 e. The molecule has 0 amide bonds. The minimum Gasteiger partial charge on any atom is -0.437 e. The molecule has 0 aliphatic rings. The lowest BCUT2D eigenvalue weighted by atomic mass is 10.3. The van der Waals surface area contributed by atoms with Gasteiger partial charge in [0, 0.05) is 3.57 Å². The lowest BCUT2D eigenvalue weighted by Gasteiger charge is -2.01. The van der Waals surface area contributed by atoms with Gasteiger partial charge in [0.2, 0.25) is 0 Å². The summed E-state index contributed by atoms with van der Waals surface area (Å²) in [4.78, 5) is 10.6. The molecule has 0 bridgehead atoms.